The molecule has 2 aromatic carbocycles. The molecule has 128 valence electrons. The van der Waals surface area contributed by atoms with Crippen LogP contribution in [0.5, 0.6) is 5.75 Å². The maximum atomic E-state index is 12.2. The number of carbonyl (C=O) groups excluding carboxylic acids is 1. The third-order valence-corrected chi connectivity index (χ3v) is 4.39. The van der Waals surface area contributed by atoms with E-state index in [1.807, 2.05) is 79.0 Å². The first-order valence-electron chi connectivity index (χ1n) is 8.02. The second-order valence-electron chi connectivity index (χ2n) is 5.72. The summed E-state index contributed by atoms with van der Waals surface area (Å²) in [6, 6.07) is 16.9. The summed E-state index contributed by atoms with van der Waals surface area (Å²) in [5, 5.41) is 0.0713. The summed E-state index contributed by atoms with van der Waals surface area (Å²) in [4.78, 5) is 15.8. The van der Waals surface area contributed by atoms with Crippen LogP contribution in [0.15, 0.2) is 79.0 Å². The van der Waals surface area contributed by atoms with Crippen LogP contribution in [0, 0.1) is 0 Å². The number of carbonyl (C=O) groups is 1. The van der Waals surface area contributed by atoms with Crippen molar-refractivity contribution in [1.82, 2.24) is 4.90 Å². The molecule has 1 aliphatic rings. The van der Waals surface area contributed by atoms with Crippen LogP contribution in [0.1, 0.15) is 5.56 Å². The van der Waals surface area contributed by atoms with Gasteiger partial charge in [-0.15, -0.1) is 0 Å². The normalized spacial score (nSPS) is 15.9. The number of ether oxygens (including phenoxy) is 1. The molecule has 1 amide bonds. The maximum Gasteiger partial charge on any atom is 0.419 e. The average Bonchev–Trinajstić information content (AvgIpc) is 2.65. The summed E-state index contributed by atoms with van der Waals surface area (Å²) in [5.41, 5.74) is 1.91. The first-order chi connectivity index (χ1) is 12.1. The number of hydrogen-bond acceptors (Lipinski definition) is 4. The molecule has 0 saturated heterocycles. The third kappa shape index (κ3) is 4.45. The van der Waals surface area contributed by atoms with Gasteiger partial charge in [-0.05, 0) is 35.9 Å². The van der Waals surface area contributed by atoms with E-state index in [-0.39, 0.29) is 5.37 Å². The first kappa shape index (κ1) is 17.2. The van der Waals surface area contributed by atoms with Gasteiger partial charge in [0.2, 0.25) is 0 Å². The van der Waals surface area contributed by atoms with Crippen molar-refractivity contribution in [3.8, 4) is 5.75 Å². The molecule has 2 aromatic rings. The Morgan fingerprint density at radius 1 is 1.12 bits per heavy atom. The monoisotopic (exact) mass is 352 g/mol. The molecule has 0 saturated carbocycles. The van der Waals surface area contributed by atoms with Gasteiger partial charge >= 0.3 is 6.09 Å². The van der Waals surface area contributed by atoms with Gasteiger partial charge in [-0.2, -0.15) is 12.6 Å². The van der Waals surface area contributed by atoms with Crippen LogP contribution in [0.2, 0.25) is 0 Å². The molecule has 0 fully saturated rings. The van der Waals surface area contributed by atoms with E-state index < -0.39 is 6.09 Å². The minimum absolute atomic E-state index is 0.0713. The number of anilines is 1. The van der Waals surface area contributed by atoms with E-state index in [1.165, 1.54) is 4.90 Å². The van der Waals surface area contributed by atoms with Gasteiger partial charge in [0.15, 0.2) is 0 Å². The van der Waals surface area contributed by atoms with Crippen molar-refractivity contribution in [2.75, 3.05) is 11.9 Å². The lowest BCUT2D eigenvalue weighted by Gasteiger charge is -2.26. The summed E-state index contributed by atoms with van der Waals surface area (Å²) in [6.45, 7) is 0.743. The van der Waals surface area contributed by atoms with Crippen LogP contribution < -0.4 is 9.64 Å². The van der Waals surface area contributed by atoms with Crippen LogP contribution in [0.25, 0.3) is 0 Å². The Hall–Kier alpha value is -2.66. The Kier molecular flexibility index (Phi) is 5.46. The summed E-state index contributed by atoms with van der Waals surface area (Å²) in [7, 11) is 1.69. The van der Waals surface area contributed by atoms with Crippen molar-refractivity contribution in [3.63, 3.8) is 0 Å². The highest BCUT2D eigenvalue weighted by Crippen LogP contribution is 2.20. The fraction of sp³-hybridized carbons (Fsp3) is 0.150. The van der Waals surface area contributed by atoms with Gasteiger partial charge in [0.05, 0.1) is 5.37 Å². The van der Waals surface area contributed by atoms with Crippen molar-refractivity contribution in [2.45, 2.75) is 11.9 Å². The van der Waals surface area contributed by atoms with Crippen LogP contribution in [-0.2, 0) is 6.54 Å². The molecule has 1 atom stereocenters. The SMILES string of the molecule is CN(C(=O)Oc1ccc(CN2C=CC=CC2S)cc1)c1ccccc1. The molecule has 4 nitrogen and oxygen atoms in total. The largest absolute Gasteiger partial charge is 0.419 e. The van der Waals surface area contributed by atoms with Crippen molar-refractivity contribution < 1.29 is 9.53 Å². The molecule has 1 heterocycles. The number of benzene rings is 2. The van der Waals surface area contributed by atoms with Crippen LogP contribution in [-0.4, -0.2) is 23.4 Å². The van der Waals surface area contributed by atoms with Gasteiger partial charge in [0.1, 0.15) is 5.75 Å². The van der Waals surface area contributed by atoms with Gasteiger partial charge in [-0.3, -0.25) is 4.90 Å². The van der Waals surface area contributed by atoms with E-state index in [2.05, 4.69) is 17.5 Å². The molecule has 25 heavy (non-hydrogen) atoms. The number of para-hydroxylation sites is 1. The van der Waals surface area contributed by atoms with Gasteiger partial charge in [0, 0.05) is 25.5 Å². The summed E-state index contributed by atoms with van der Waals surface area (Å²) in [6.07, 6.45) is 7.60. The highest BCUT2D eigenvalue weighted by Gasteiger charge is 2.14. The lowest BCUT2D eigenvalue weighted by molar-refractivity contribution is 0.209. The number of thiol groups is 1. The second kappa shape index (κ2) is 7.94. The molecular formula is C20H20N2O2S. The molecule has 1 unspecified atom stereocenters. The van der Waals surface area contributed by atoms with Gasteiger partial charge in [0.25, 0.3) is 0 Å². The fourth-order valence-electron chi connectivity index (χ4n) is 2.47. The molecular weight excluding hydrogens is 332 g/mol. The van der Waals surface area contributed by atoms with E-state index in [0.29, 0.717) is 5.75 Å². The number of allylic oxidation sites excluding steroid dienone is 2. The summed E-state index contributed by atoms with van der Waals surface area (Å²) < 4.78 is 5.43. The molecule has 0 aromatic heterocycles. The molecule has 0 N–H and O–H groups in total. The number of amides is 1. The van der Waals surface area contributed by atoms with Crippen molar-refractivity contribution in [3.05, 3.63) is 84.6 Å². The number of rotatable bonds is 4. The predicted octanol–water partition coefficient (Wildman–Crippen LogP) is 4.46. The molecule has 3 rings (SSSR count). The Morgan fingerprint density at radius 3 is 2.52 bits per heavy atom. The Bertz CT molecular complexity index is 772. The van der Waals surface area contributed by atoms with Crippen molar-refractivity contribution in [2.24, 2.45) is 0 Å². The molecule has 0 aliphatic carbocycles. The summed E-state index contributed by atoms with van der Waals surface area (Å²) in [5.74, 6) is 0.521. The van der Waals surface area contributed by atoms with Gasteiger partial charge in [-0.1, -0.05) is 42.5 Å². The zero-order valence-corrected chi connectivity index (χ0v) is 14.8. The standard InChI is InChI=1S/C20H20N2O2S/c1-21(17-7-3-2-4-8-17)20(23)24-18-12-10-16(11-13-18)15-22-14-6-5-9-19(22)25/h2-14,19,25H,15H2,1H3. The smallest absolute Gasteiger partial charge is 0.410 e. The molecule has 0 radical (unpaired) electrons. The lowest BCUT2D eigenvalue weighted by Crippen LogP contribution is -2.29. The quantitative estimate of drug-likeness (QED) is 0.825. The Balaban J connectivity index is 1.60. The Labute approximate surface area is 153 Å². The molecule has 0 spiro atoms. The minimum atomic E-state index is -0.418. The summed E-state index contributed by atoms with van der Waals surface area (Å²) >= 11 is 4.52. The third-order valence-electron chi connectivity index (χ3n) is 3.92. The van der Waals surface area contributed by atoms with Crippen LogP contribution in [0.3, 0.4) is 0 Å². The van der Waals surface area contributed by atoms with Gasteiger partial charge < -0.3 is 9.64 Å². The maximum absolute atomic E-state index is 12.2. The lowest BCUT2D eigenvalue weighted by atomic mass is 10.2. The molecule has 1 aliphatic heterocycles. The van der Waals surface area contributed by atoms with Crippen LogP contribution >= 0.6 is 12.6 Å². The fourth-order valence-corrected chi connectivity index (χ4v) is 2.73. The highest BCUT2D eigenvalue weighted by atomic mass is 32.1. The van der Waals surface area contributed by atoms with E-state index in [1.54, 1.807) is 7.05 Å². The van der Waals surface area contributed by atoms with E-state index in [4.69, 9.17) is 4.74 Å². The van der Waals surface area contributed by atoms with Crippen molar-refractivity contribution in [1.29, 1.82) is 0 Å². The predicted molar refractivity (Wildman–Crippen MR) is 104 cm³/mol. The average molecular weight is 352 g/mol. The van der Waals surface area contributed by atoms with E-state index in [9.17, 15) is 4.79 Å². The first-order valence-corrected chi connectivity index (χ1v) is 8.53. The Morgan fingerprint density at radius 2 is 1.84 bits per heavy atom. The number of hydrogen-bond donors (Lipinski definition) is 1. The van der Waals surface area contributed by atoms with Crippen molar-refractivity contribution >= 4 is 24.4 Å². The van der Waals surface area contributed by atoms with E-state index >= 15 is 0 Å². The second-order valence-corrected chi connectivity index (χ2v) is 6.25. The molecule has 0 bridgehead atoms. The van der Waals surface area contributed by atoms with Crippen LogP contribution in [0.4, 0.5) is 10.5 Å². The molecule has 5 heteroatoms. The zero-order valence-electron chi connectivity index (χ0n) is 13.9. The number of nitrogens with zero attached hydrogens (tertiary/aromatic N) is 2. The topological polar surface area (TPSA) is 32.8 Å². The van der Waals surface area contributed by atoms with E-state index in [0.717, 1.165) is 17.8 Å². The minimum Gasteiger partial charge on any atom is -0.410 e. The highest BCUT2D eigenvalue weighted by molar-refractivity contribution is 7.81. The van der Waals surface area contributed by atoms with Gasteiger partial charge in [-0.25, -0.2) is 4.79 Å². The zero-order chi connectivity index (χ0) is 17.6.